The van der Waals surface area contributed by atoms with Crippen LogP contribution < -0.4 is 10.1 Å². The van der Waals surface area contributed by atoms with E-state index in [1.807, 2.05) is 30.3 Å². The highest BCUT2D eigenvalue weighted by Crippen LogP contribution is 2.24. The number of carbonyl (C=O) groups is 1. The van der Waals surface area contributed by atoms with Crippen LogP contribution in [0.15, 0.2) is 60.0 Å². The average molecular weight is 324 g/mol. The first kappa shape index (κ1) is 15.2. The predicted octanol–water partition coefficient (Wildman–Crippen LogP) is 3.99. The van der Waals surface area contributed by atoms with Gasteiger partial charge < -0.3 is 10.1 Å². The summed E-state index contributed by atoms with van der Waals surface area (Å²) in [7, 11) is 1.58. The van der Waals surface area contributed by atoms with Crippen LogP contribution in [0.1, 0.15) is 21.1 Å². The van der Waals surface area contributed by atoms with E-state index < -0.39 is 0 Å². The number of hydrogen-bond acceptors (Lipinski definition) is 4. The van der Waals surface area contributed by atoms with Crippen molar-refractivity contribution in [2.75, 3.05) is 12.4 Å². The van der Waals surface area contributed by atoms with Crippen molar-refractivity contribution in [3.05, 3.63) is 76.2 Å². The minimum atomic E-state index is -0.231. The number of rotatable bonds is 5. The van der Waals surface area contributed by atoms with E-state index in [9.17, 15) is 4.79 Å². The molecule has 116 valence electrons. The molecule has 1 heterocycles. The van der Waals surface area contributed by atoms with Crippen molar-refractivity contribution in [2.24, 2.45) is 0 Å². The molecule has 0 bridgehead atoms. The Bertz CT molecular complexity index is 800. The van der Waals surface area contributed by atoms with Crippen molar-refractivity contribution in [1.29, 1.82) is 0 Å². The molecule has 3 rings (SSSR count). The number of hydrogen-bond donors (Lipinski definition) is 1. The number of thiazole rings is 1. The molecule has 0 radical (unpaired) electrons. The molecule has 0 aliphatic carbocycles. The summed E-state index contributed by atoms with van der Waals surface area (Å²) in [5.74, 6) is 0.394. The van der Waals surface area contributed by atoms with Crippen molar-refractivity contribution in [2.45, 2.75) is 6.42 Å². The quantitative estimate of drug-likeness (QED) is 0.772. The zero-order chi connectivity index (χ0) is 16.1. The summed E-state index contributed by atoms with van der Waals surface area (Å²) in [5.41, 5.74) is 2.24. The lowest BCUT2D eigenvalue weighted by Gasteiger charge is -2.08. The maximum absolute atomic E-state index is 12.3. The smallest absolute Gasteiger partial charge is 0.275 e. The molecule has 4 nitrogen and oxygen atoms in total. The zero-order valence-electron chi connectivity index (χ0n) is 12.7. The molecule has 0 atom stereocenters. The number of methoxy groups -OCH3 is 1. The molecule has 0 saturated carbocycles. The number of aromatic nitrogens is 1. The number of anilines is 1. The SMILES string of the molecule is COc1ccccc1NC(=O)c1csc(Cc2ccccc2)n1. The Morgan fingerprint density at radius 3 is 2.65 bits per heavy atom. The van der Waals surface area contributed by atoms with Gasteiger partial charge in [0, 0.05) is 11.8 Å². The Morgan fingerprint density at radius 1 is 1.13 bits per heavy atom. The standard InChI is InChI=1S/C18H16N2O2S/c1-22-16-10-6-5-9-14(16)20-18(21)15-12-23-17(19-15)11-13-7-3-2-4-8-13/h2-10,12H,11H2,1H3,(H,20,21). The van der Waals surface area contributed by atoms with Crippen molar-refractivity contribution < 1.29 is 9.53 Å². The molecule has 3 aromatic rings. The number of nitrogens with zero attached hydrogens (tertiary/aromatic N) is 1. The Kier molecular flexibility index (Phi) is 4.68. The Morgan fingerprint density at radius 2 is 1.87 bits per heavy atom. The van der Waals surface area contributed by atoms with Crippen LogP contribution in [0.3, 0.4) is 0 Å². The molecule has 23 heavy (non-hydrogen) atoms. The highest BCUT2D eigenvalue weighted by atomic mass is 32.1. The summed E-state index contributed by atoms with van der Waals surface area (Å²) in [5, 5.41) is 5.53. The second kappa shape index (κ2) is 7.07. The van der Waals surface area contributed by atoms with Gasteiger partial charge in [-0.15, -0.1) is 11.3 Å². The van der Waals surface area contributed by atoms with E-state index >= 15 is 0 Å². The molecular formula is C18H16N2O2S. The van der Waals surface area contributed by atoms with Crippen LogP contribution in [0, 0.1) is 0 Å². The van der Waals surface area contributed by atoms with Crippen molar-refractivity contribution >= 4 is 22.9 Å². The highest BCUT2D eigenvalue weighted by molar-refractivity contribution is 7.09. The van der Waals surface area contributed by atoms with Gasteiger partial charge >= 0.3 is 0 Å². The molecule has 5 heteroatoms. The second-order valence-electron chi connectivity index (χ2n) is 4.94. The van der Waals surface area contributed by atoms with Gasteiger partial charge in [0.2, 0.25) is 0 Å². The average Bonchev–Trinajstić information content (AvgIpc) is 3.05. The van der Waals surface area contributed by atoms with E-state index in [0.29, 0.717) is 17.1 Å². The third kappa shape index (κ3) is 3.76. The third-order valence-electron chi connectivity index (χ3n) is 3.34. The molecule has 0 fully saturated rings. The fourth-order valence-corrected chi connectivity index (χ4v) is 3.01. The van der Waals surface area contributed by atoms with Gasteiger partial charge in [0.1, 0.15) is 11.4 Å². The molecule has 0 spiro atoms. The molecular weight excluding hydrogens is 308 g/mol. The van der Waals surface area contributed by atoms with Crippen LogP contribution in [0.2, 0.25) is 0 Å². The normalized spacial score (nSPS) is 10.3. The predicted molar refractivity (Wildman–Crippen MR) is 92.3 cm³/mol. The summed E-state index contributed by atoms with van der Waals surface area (Å²) in [6.07, 6.45) is 0.730. The lowest BCUT2D eigenvalue weighted by atomic mass is 10.2. The fraction of sp³-hybridized carbons (Fsp3) is 0.111. The lowest BCUT2D eigenvalue weighted by molar-refractivity contribution is 0.102. The van der Waals surface area contributed by atoms with E-state index in [1.165, 1.54) is 16.9 Å². The van der Waals surface area contributed by atoms with E-state index in [0.717, 1.165) is 11.4 Å². The number of carbonyl (C=O) groups excluding carboxylic acids is 1. The Labute approximate surface area is 138 Å². The number of nitrogens with one attached hydrogen (secondary N) is 1. The minimum absolute atomic E-state index is 0.231. The van der Waals surface area contributed by atoms with Crippen molar-refractivity contribution in [1.82, 2.24) is 4.98 Å². The largest absolute Gasteiger partial charge is 0.495 e. The molecule has 0 aliphatic heterocycles. The summed E-state index contributed by atoms with van der Waals surface area (Å²) in [4.78, 5) is 16.7. The second-order valence-corrected chi connectivity index (χ2v) is 5.89. The molecule has 0 aliphatic rings. The summed E-state index contributed by atoms with van der Waals surface area (Å²) >= 11 is 1.49. The van der Waals surface area contributed by atoms with Crippen LogP contribution in [-0.4, -0.2) is 18.0 Å². The molecule has 2 aromatic carbocycles. The van der Waals surface area contributed by atoms with Crippen LogP contribution in [0.25, 0.3) is 0 Å². The topological polar surface area (TPSA) is 51.2 Å². The molecule has 1 amide bonds. The van der Waals surface area contributed by atoms with Crippen LogP contribution in [-0.2, 0) is 6.42 Å². The van der Waals surface area contributed by atoms with E-state index in [2.05, 4.69) is 22.4 Å². The maximum atomic E-state index is 12.3. The van der Waals surface area contributed by atoms with Gasteiger partial charge in [-0.1, -0.05) is 42.5 Å². The third-order valence-corrected chi connectivity index (χ3v) is 4.19. The van der Waals surface area contributed by atoms with E-state index in [1.54, 1.807) is 24.6 Å². The van der Waals surface area contributed by atoms with E-state index in [4.69, 9.17) is 4.74 Å². The van der Waals surface area contributed by atoms with Crippen LogP contribution in [0.5, 0.6) is 5.75 Å². The first-order chi connectivity index (χ1) is 11.3. The van der Waals surface area contributed by atoms with Gasteiger partial charge in [0.25, 0.3) is 5.91 Å². The van der Waals surface area contributed by atoms with Gasteiger partial charge in [0.05, 0.1) is 17.8 Å². The van der Waals surface area contributed by atoms with Gasteiger partial charge in [-0.3, -0.25) is 4.79 Å². The van der Waals surface area contributed by atoms with Crippen molar-refractivity contribution in [3.8, 4) is 5.75 Å². The number of ether oxygens (including phenoxy) is 1. The van der Waals surface area contributed by atoms with Gasteiger partial charge in [0.15, 0.2) is 0 Å². The zero-order valence-corrected chi connectivity index (χ0v) is 13.5. The molecule has 0 saturated heterocycles. The van der Waals surface area contributed by atoms with E-state index in [-0.39, 0.29) is 5.91 Å². The molecule has 1 N–H and O–H groups in total. The number of para-hydroxylation sites is 2. The van der Waals surface area contributed by atoms with Gasteiger partial charge in [-0.25, -0.2) is 4.98 Å². The number of benzene rings is 2. The summed E-state index contributed by atoms with van der Waals surface area (Å²) in [6, 6.07) is 17.4. The molecule has 1 aromatic heterocycles. The van der Waals surface area contributed by atoms with Crippen LogP contribution >= 0.6 is 11.3 Å². The first-order valence-corrected chi connectivity index (χ1v) is 8.07. The van der Waals surface area contributed by atoms with Crippen LogP contribution in [0.4, 0.5) is 5.69 Å². The molecule has 0 unspecified atom stereocenters. The lowest BCUT2D eigenvalue weighted by Crippen LogP contribution is -2.13. The first-order valence-electron chi connectivity index (χ1n) is 7.19. The Balaban J connectivity index is 1.71. The Hall–Kier alpha value is -2.66. The van der Waals surface area contributed by atoms with Crippen molar-refractivity contribution in [3.63, 3.8) is 0 Å². The fourth-order valence-electron chi connectivity index (χ4n) is 2.20. The van der Waals surface area contributed by atoms with Gasteiger partial charge in [-0.2, -0.15) is 0 Å². The summed E-state index contributed by atoms with van der Waals surface area (Å²) < 4.78 is 5.23. The minimum Gasteiger partial charge on any atom is -0.495 e. The number of amides is 1. The van der Waals surface area contributed by atoms with Gasteiger partial charge in [-0.05, 0) is 17.7 Å². The summed E-state index contributed by atoms with van der Waals surface area (Å²) in [6.45, 7) is 0. The highest BCUT2D eigenvalue weighted by Gasteiger charge is 2.13. The monoisotopic (exact) mass is 324 g/mol. The maximum Gasteiger partial charge on any atom is 0.275 e.